The van der Waals surface area contributed by atoms with E-state index in [1.807, 2.05) is 25.1 Å². The SMILES string of the molecule is Cc1nc2ccccc2n1C1CCN(C(=O)Cn2ncccc2=O)C1. The molecule has 0 aliphatic carbocycles. The molecule has 1 fully saturated rings. The molecule has 128 valence electrons. The van der Waals surface area contributed by atoms with Gasteiger partial charge in [-0.3, -0.25) is 9.59 Å². The first-order chi connectivity index (χ1) is 12.1. The van der Waals surface area contributed by atoms with Crippen molar-refractivity contribution >= 4 is 16.9 Å². The molecule has 1 aliphatic rings. The normalized spacial score (nSPS) is 17.3. The number of nitrogens with zero attached hydrogens (tertiary/aromatic N) is 5. The fraction of sp³-hybridized carbons (Fsp3) is 0.333. The van der Waals surface area contributed by atoms with Crippen LogP contribution in [0.5, 0.6) is 0 Å². The van der Waals surface area contributed by atoms with Crippen molar-refractivity contribution in [1.82, 2.24) is 24.2 Å². The van der Waals surface area contributed by atoms with E-state index in [4.69, 9.17) is 0 Å². The third-order valence-electron chi connectivity index (χ3n) is 4.72. The highest BCUT2D eigenvalue weighted by Gasteiger charge is 2.29. The second-order valence-corrected chi connectivity index (χ2v) is 6.32. The van der Waals surface area contributed by atoms with Crippen LogP contribution in [0.25, 0.3) is 11.0 Å². The van der Waals surface area contributed by atoms with Gasteiger partial charge in [0.1, 0.15) is 12.4 Å². The summed E-state index contributed by atoms with van der Waals surface area (Å²) in [7, 11) is 0. The number of fused-ring (bicyclic) bond motifs is 1. The van der Waals surface area contributed by atoms with Gasteiger partial charge >= 0.3 is 0 Å². The Kier molecular flexibility index (Phi) is 3.83. The number of aromatic nitrogens is 4. The topological polar surface area (TPSA) is 73.0 Å². The van der Waals surface area contributed by atoms with E-state index in [-0.39, 0.29) is 24.1 Å². The van der Waals surface area contributed by atoms with E-state index < -0.39 is 0 Å². The summed E-state index contributed by atoms with van der Waals surface area (Å²) in [4.78, 5) is 30.7. The minimum atomic E-state index is -0.261. The smallest absolute Gasteiger partial charge is 0.267 e. The monoisotopic (exact) mass is 337 g/mol. The molecule has 0 bridgehead atoms. The molecule has 1 unspecified atom stereocenters. The standard InChI is InChI=1S/C18H19N5O2/c1-13-20-15-5-2-3-6-16(15)23(13)14-8-10-21(11-14)18(25)12-22-17(24)7-4-9-19-22/h2-7,9,14H,8,10-12H2,1H3. The highest BCUT2D eigenvalue weighted by molar-refractivity contribution is 5.77. The maximum atomic E-state index is 12.5. The number of benzene rings is 1. The van der Waals surface area contributed by atoms with Crippen molar-refractivity contribution in [1.29, 1.82) is 0 Å². The molecule has 3 heterocycles. The highest BCUT2D eigenvalue weighted by atomic mass is 16.2. The van der Waals surface area contributed by atoms with Crippen molar-refractivity contribution in [3.05, 3.63) is 58.8 Å². The van der Waals surface area contributed by atoms with Gasteiger partial charge in [0.15, 0.2) is 0 Å². The Hall–Kier alpha value is -2.96. The Labute approximate surface area is 144 Å². The summed E-state index contributed by atoms with van der Waals surface area (Å²) >= 11 is 0. The molecule has 1 saturated heterocycles. The molecule has 1 aromatic carbocycles. The molecular formula is C18H19N5O2. The minimum absolute atomic E-state index is 0.0178. The number of rotatable bonds is 3. The minimum Gasteiger partial charge on any atom is -0.339 e. The number of aryl methyl sites for hydroxylation is 1. The number of amides is 1. The van der Waals surface area contributed by atoms with E-state index in [9.17, 15) is 9.59 Å². The Bertz CT molecular complexity index is 990. The summed E-state index contributed by atoms with van der Waals surface area (Å²) in [5.41, 5.74) is 1.81. The molecule has 7 heteroatoms. The summed E-state index contributed by atoms with van der Waals surface area (Å²) in [6.45, 7) is 3.28. The first-order valence-corrected chi connectivity index (χ1v) is 8.37. The first-order valence-electron chi connectivity index (χ1n) is 8.37. The Morgan fingerprint density at radius 3 is 2.92 bits per heavy atom. The zero-order chi connectivity index (χ0) is 17.4. The largest absolute Gasteiger partial charge is 0.339 e. The number of imidazole rings is 1. The molecule has 1 aliphatic heterocycles. The number of para-hydroxylation sites is 2. The summed E-state index contributed by atoms with van der Waals surface area (Å²) in [6.07, 6.45) is 2.40. The third kappa shape index (κ3) is 2.82. The second-order valence-electron chi connectivity index (χ2n) is 6.32. The van der Waals surface area contributed by atoms with E-state index in [2.05, 4.69) is 20.7 Å². The van der Waals surface area contributed by atoms with Crippen LogP contribution in [-0.4, -0.2) is 43.2 Å². The van der Waals surface area contributed by atoms with E-state index >= 15 is 0 Å². The number of carbonyl (C=O) groups excluding carboxylic acids is 1. The lowest BCUT2D eigenvalue weighted by molar-refractivity contribution is -0.131. The van der Waals surface area contributed by atoms with Crippen LogP contribution in [0.15, 0.2) is 47.4 Å². The highest BCUT2D eigenvalue weighted by Crippen LogP contribution is 2.28. The van der Waals surface area contributed by atoms with Crippen molar-refractivity contribution in [3.8, 4) is 0 Å². The van der Waals surface area contributed by atoms with E-state index in [1.54, 1.807) is 11.0 Å². The Balaban J connectivity index is 1.53. The fourth-order valence-corrected chi connectivity index (χ4v) is 3.54. The van der Waals surface area contributed by atoms with Crippen LogP contribution in [-0.2, 0) is 11.3 Å². The average Bonchev–Trinajstić information content (AvgIpc) is 3.20. The maximum Gasteiger partial charge on any atom is 0.267 e. The molecule has 4 rings (SSSR count). The van der Waals surface area contributed by atoms with Crippen molar-refractivity contribution < 1.29 is 4.79 Å². The van der Waals surface area contributed by atoms with Crippen LogP contribution >= 0.6 is 0 Å². The van der Waals surface area contributed by atoms with Crippen molar-refractivity contribution in [3.63, 3.8) is 0 Å². The molecule has 25 heavy (non-hydrogen) atoms. The molecule has 1 amide bonds. The summed E-state index contributed by atoms with van der Waals surface area (Å²) < 4.78 is 3.42. The second kappa shape index (κ2) is 6.16. The van der Waals surface area contributed by atoms with Gasteiger partial charge in [0.05, 0.1) is 17.1 Å². The van der Waals surface area contributed by atoms with Crippen LogP contribution in [0, 0.1) is 6.92 Å². The van der Waals surface area contributed by atoms with Gasteiger partial charge in [-0.1, -0.05) is 12.1 Å². The molecule has 2 aromatic heterocycles. The molecule has 0 saturated carbocycles. The lowest BCUT2D eigenvalue weighted by Gasteiger charge is -2.18. The van der Waals surface area contributed by atoms with Gasteiger partial charge in [-0.15, -0.1) is 0 Å². The van der Waals surface area contributed by atoms with Gasteiger partial charge in [0.2, 0.25) is 5.91 Å². The van der Waals surface area contributed by atoms with Gasteiger partial charge in [0, 0.05) is 25.4 Å². The van der Waals surface area contributed by atoms with Gasteiger partial charge in [0.25, 0.3) is 5.56 Å². The summed E-state index contributed by atoms with van der Waals surface area (Å²) in [5, 5.41) is 3.96. The van der Waals surface area contributed by atoms with Crippen LogP contribution in [0.4, 0.5) is 0 Å². The zero-order valence-corrected chi connectivity index (χ0v) is 14.0. The molecule has 0 radical (unpaired) electrons. The fourth-order valence-electron chi connectivity index (χ4n) is 3.54. The van der Waals surface area contributed by atoms with Gasteiger partial charge in [-0.05, 0) is 31.5 Å². The summed E-state index contributed by atoms with van der Waals surface area (Å²) in [5.74, 6) is 0.881. The number of carbonyl (C=O) groups is 1. The summed E-state index contributed by atoms with van der Waals surface area (Å²) in [6, 6.07) is 11.2. The quantitative estimate of drug-likeness (QED) is 0.724. The average molecular weight is 337 g/mol. The van der Waals surface area contributed by atoms with Gasteiger partial charge in [-0.25, -0.2) is 9.67 Å². The maximum absolute atomic E-state index is 12.5. The molecule has 7 nitrogen and oxygen atoms in total. The third-order valence-corrected chi connectivity index (χ3v) is 4.72. The van der Waals surface area contributed by atoms with Crippen LogP contribution in [0.3, 0.4) is 0 Å². The molecule has 0 N–H and O–H groups in total. The first kappa shape index (κ1) is 15.6. The van der Waals surface area contributed by atoms with E-state index in [1.165, 1.54) is 16.9 Å². The predicted molar refractivity (Wildman–Crippen MR) is 93.2 cm³/mol. The molecular weight excluding hydrogens is 318 g/mol. The van der Waals surface area contributed by atoms with Crippen LogP contribution < -0.4 is 5.56 Å². The zero-order valence-electron chi connectivity index (χ0n) is 14.0. The molecule has 1 atom stereocenters. The van der Waals surface area contributed by atoms with Crippen molar-refractivity contribution in [2.24, 2.45) is 0 Å². The van der Waals surface area contributed by atoms with E-state index in [0.717, 1.165) is 23.3 Å². The molecule has 3 aromatic rings. The Morgan fingerprint density at radius 2 is 2.08 bits per heavy atom. The lowest BCUT2D eigenvalue weighted by atomic mass is 10.2. The van der Waals surface area contributed by atoms with Crippen molar-refractivity contribution in [2.75, 3.05) is 13.1 Å². The Morgan fingerprint density at radius 1 is 1.24 bits per heavy atom. The number of hydrogen-bond donors (Lipinski definition) is 0. The number of likely N-dealkylation sites (tertiary alicyclic amines) is 1. The van der Waals surface area contributed by atoms with E-state index in [0.29, 0.717) is 13.1 Å². The van der Waals surface area contributed by atoms with Gasteiger partial charge < -0.3 is 9.47 Å². The number of hydrogen-bond acceptors (Lipinski definition) is 4. The van der Waals surface area contributed by atoms with Crippen molar-refractivity contribution in [2.45, 2.75) is 25.9 Å². The van der Waals surface area contributed by atoms with Crippen LogP contribution in [0.2, 0.25) is 0 Å². The van der Waals surface area contributed by atoms with Gasteiger partial charge in [-0.2, -0.15) is 5.10 Å². The van der Waals surface area contributed by atoms with Crippen LogP contribution in [0.1, 0.15) is 18.3 Å². The molecule has 0 spiro atoms. The predicted octanol–water partition coefficient (Wildman–Crippen LogP) is 1.38. The lowest BCUT2D eigenvalue weighted by Crippen LogP contribution is -2.36.